The van der Waals surface area contributed by atoms with E-state index in [-0.39, 0.29) is 10.8 Å². The highest BCUT2D eigenvalue weighted by Crippen LogP contribution is 2.46. The number of rotatable bonds is 4. The summed E-state index contributed by atoms with van der Waals surface area (Å²) in [5, 5.41) is 6.59. The van der Waals surface area contributed by atoms with Crippen LogP contribution in [-0.4, -0.2) is 14.5 Å². The first kappa shape index (κ1) is 30.4. The average molecular weight is 654 g/mol. The molecule has 0 aliphatic heterocycles. The number of pyridine rings is 2. The fraction of sp³-hybridized carbons (Fsp3) is 0.200. The lowest BCUT2D eigenvalue weighted by Gasteiger charge is -2.20. The maximum atomic E-state index is 6.83. The molecule has 0 saturated carbocycles. The normalized spacial score (nSPS) is 12.7. The third-order valence-electron chi connectivity index (χ3n) is 10.1. The highest BCUT2D eigenvalue weighted by molar-refractivity contribution is 6.25. The van der Waals surface area contributed by atoms with Gasteiger partial charge in [-0.1, -0.05) is 89.6 Å². The molecule has 0 aliphatic rings. The number of aryl methyl sites for hydroxylation is 1. The predicted molar refractivity (Wildman–Crippen MR) is 206 cm³/mol. The number of nitrogens with zero attached hydrogens (tertiary/aromatic N) is 3. The van der Waals surface area contributed by atoms with Crippen molar-refractivity contribution in [1.82, 2.24) is 14.5 Å². The van der Waals surface area contributed by atoms with Crippen LogP contribution in [0.1, 0.15) is 58.2 Å². The summed E-state index contributed by atoms with van der Waals surface area (Å²) in [7, 11) is 0. The fourth-order valence-corrected chi connectivity index (χ4v) is 7.36. The lowest BCUT2D eigenvalue weighted by Crippen LogP contribution is -2.11. The smallest absolute Gasteiger partial charge is 0.221 e. The second-order valence-corrected chi connectivity index (χ2v) is 15.7. The Morgan fingerprint density at radius 1 is 0.680 bits per heavy atom. The van der Waals surface area contributed by atoms with Gasteiger partial charge < -0.3 is 9.15 Å². The topological polar surface area (TPSA) is 53.1 Å². The van der Waals surface area contributed by atoms with E-state index in [1.54, 1.807) is 0 Å². The molecule has 0 atom stereocenters. The Hall–Kier alpha value is -5.68. The van der Waals surface area contributed by atoms with Gasteiger partial charge in [0.25, 0.3) is 0 Å². The van der Waals surface area contributed by atoms with Crippen molar-refractivity contribution in [3.63, 3.8) is 0 Å². The molecule has 9 aromatic rings. The van der Waals surface area contributed by atoms with Crippen LogP contribution in [0, 0.1) is 6.92 Å². The van der Waals surface area contributed by atoms with Gasteiger partial charge in [-0.05, 0) is 94.3 Å². The zero-order valence-corrected chi connectivity index (χ0v) is 29.6. The Bertz CT molecular complexity index is 2770. The molecule has 5 nitrogen and oxygen atoms in total. The molecule has 0 bridgehead atoms. The van der Waals surface area contributed by atoms with Crippen LogP contribution in [0.15, 0.2) is 114 Å². The zero-order chi connectivity index (χ0) is 34.5. The molecule has 0 aliphatic carbocycles. The van der Waals surface area contributed by atoms with Crippen LogP contribution >= 0.6 is 0 Å². The van der Waals surface area contributed by atoms with Crippen molar-refractivity contribution in [1.29, 1.82) is 0 Å². The van der Waals surface area contributed by atoms with Crippen molar-refractivity contribution in [3.8, 4) is 28.6 Å². The Morgan fingerprint density at radius 2 is 1.46 bits per heavy atom. The molecule has 4 heterocycles. The minimum Gasteiger partial charge on any atom is -0.452 e. The number of furan rings is 1. The van der Waals surface area contributed by atoms with Crippen LogP contribution in [0.5, 0.6) is 11.6 Å². The van der Waals surface area contributed by atoms with E-state index in [0.717, 1.165) is 66.0 Å². The van der Waals surface area contributed by atoms with Crippen molar-refractivity contribution in [2.75, 3.05) is 0 Å². The lowest BCUT2D eigenvalue weighted by molar-refractivity contribution is 0.460. The van der Waals surface area contributed by atoms with Crippen LogP contribution in [0.25, 0.3) is 71.6 Å². The standard InChI is InChI=1S/C45H39N3O2/c1-26-14-18-36-34(22-26)32-17-19-39(47-43(32)48(36)30-12-9-11-28(23-30)44(2,3)4)49-38-25-33(35-24-29(20-21-46-35)45(5,6)7)31-16-15-27-10-8-13-37-40(27)41(31)42(38)50-37/h8-25H,1-7H3. The largest absolute Gasteiger partial charge is 0.452 e. The van der Waals surface area contributed by atoms with E-state index in [1.165, 1.54) is 16.7 Å². The molecule has 0 spiro atoms. The Morgan fingerprint density at radius 3 is 2.28 bits per heavy atom. The van der Waals surface area contributed by atoms with E-state index in [1.807, 2.05) is 24.4 Å². The SMILES string of the molecule is Cc1ccc2c(c1)c1ccc(Oc3cc(-c4cc(C(C)(C)C)ccn4)c4ccc5cccc6oc3c4c56)nc1n2-c1cccc(C(C)(C)C)c1. The molecule has 5 aromatic carbocycles. The van der Waals surface area contributed by atoms with Gasteiger partial charge in [0.15, 0.2) is 11.3 Å². The molecule has 4 aromatic heterocycles. The van der Waals surface area contributed by atoms with Crippen molar-refractivity contribution < 1.29 is 9.15 Å². The fourth-order valence-electron chi connectivity index (χ4n) is 7.36. The summed E-state index contributed by atoms with van der Waals surface area (Å²) < 4.78 is 15.7. The first-order chi connectivity index (χ1) is 23.9. The molecule has 50 heavy (non-hydrogen) atoms. The van der Waals surface area contributed by atoms with Crippen molar-refractivity contribution >= 4 is 54.6 Å². The summed E-state index contributed by atoms with van der Waals surface area (Å²) in [5.41, 5.74) is 10.1. The van der Waals surface area contributed by atoms with Gasteiger partial charge in [0, 0.05) is 45.1 Å². The Labute approximate surface area is 291 Å². The predicted octanol–water partition coefficient (Wildman–Crippen LogP) is 12.4. The van der Waals surface area contributed by atoms with Crippen LogP contribution in [0.2, 0.25) is 0 Å². The zero-order valence-electron chi connectivity index (χ0n) is 29.6. The van der Waals surface area contributed by atoms with E-state index in [9.17, 15) is 0 Å². The molecule has 0 unspecified atom stereocenters. The van der Waals surface area contributed by atoms with Crippen LogP contribution in [0.4, 0.5) is 0 Å². The third kappa shape index (κ3) is 4.75. The minimum atomic E-state index is -0.0214. The maximum Gasteiger partial charge on any atom is 0.221 e. The summed E-state index contributed by atoms with van der Waals surface area (Å²) in [6.45, 7) is 15.6. The van der Waals surface area contributed by atoms with Gasteiger partial charge in [-0.2, -0.15) is 4.98 Å². The van der Waals surface area contributed by atoms with Crippen molar-refractivity contribution in [2.45, 2.75) is 59.3 Å². The average Bonchev–Trinajstić information content (AvgIpc) is 3.64. The Balaban J connectivity index is 1.27. The summed E-state index contributed by atoms with van der Waals surface area (Å²) >= 11 is 0. The van der Waals surface area contributed by atoms with Crippen LogP contribution < -0.4 is 4.74 Å². The van der Waals surface area contributed by atoms with E-state index >= 15 is 0 Å². The van der Waals surface area contributed by atoms with Gasteiger partial charge in [0.1, 0.15) is 11.2 Å². The quantitative estimate of drug-likeness (QED) is 0.177. The highest BCUT2D eigenvalue weighted by Gasteiger charge is 2.24. The highest BCUT2D eigenvalue weighted by atomic mass is 16.5. The molecule has 5 heteroatoms. The lowest BCUT2D eigenvalue weighted by atomic mass is 9.86. The van der Waals surface area contributed by atoms with E-state index in [0.29, 0.717) is 17.2 Å². The van der Waals surface area contributed by atoms with Crippen LogP contribution in [-0.2, 0) is 10.8 Å². The van der Waals surface area contributed by atoms with Crippen molar-refractivity contribution in [2.24, 2.45) is 0 Å². The summed E-state index contributed by atoms with van der Waals surface area (Å²) in [4.78, 5) is 10.1. The third-order valence-corrected chi connectivity index (χ3v) is 10.1. The van der Waals surface area contributed by atoms with Gasteiger partial charge in [-0.3, -0.25) is 9.55 Å². The van der Waals surface area contributed by atoms with Gasteiger partial charge in [-0.15, -0.1) is 0 Å². The molecular formula is C45H39N3O2. The molecule has 0 radical (unpaired) electrons. The van der Waals surface area contributed by atoms with Crippen LogP contribution in [0.3, 0.4) is 0 Å². The molecule has 0 fully saturated rings. The van der Waals surface area contributed by atoms with E-state index in [4.69, 9.17) is 19.1 Å². The number of hydrogen-bond acceptors (Lipinski definition) is 4. The summed E-state index contributed by atoms with van der Waals surface area (Å²) in [6, 6.07) is 36.4. The van der Waals surface area contributed by atoms with Gasteiger partial charge >= 0.3 is 0 Å². The summed E-state index contributed by atoms with van der Waals surface area (Å²) in [5.74, 6) is 1.11. The minimum absolute atomic E-state index is 0.00771. The number of fused-ring (bicyclic) bond motifs is 3. The second kappa shape index (κ2) is 10.7. The van der Waals surface area contributed by atoms with Gasteiger partial charge in [-0.25, -0.2) is 0 Å². The van der Waals surface area contributed by atoms with Crippen molar-refractivity contribution in [3.05, 3.63) is 126 Å². The number of aromatic nitrogens is 3. The first-order valence-electron chi connectivity index (χ1n) is 17.3. The number of hydrogen-bond donors (Lipinski definition) is 0. The van der Waals surface area contributed by atoms with Gasteiger partial charge in [0.05, 0.1) is 11.2 Å². The molecule has 246 valence electrons. The Kier molecular flexibility index (Phi) is 6.48. The molecule has 9 rings (SSSR count). The first-order valence-corrected chi connectivity index (χ1v) is 17.3. The number of benzene rings is 5. The molecule has 0 N–H and O–H groups in total. The molecule has 0 saturated heterocycles. The van der Waals surface area contributed by atoms with E-state index < -0.39 is 0 Å². The number of ether oxygens (including phenoxy) is 1. The van der Waals surface area contributed by atoms with E-state index in [2.05, 4.69) is 138 Å². The molecular weight excluding hydrogens is 615 g/mol. The van der Waals surface area contributed by atoms with Gasteiger partial charge in [0.2, 0.25) is 5.88 Å². The maximum absolute atomic E-state index is 6.83. The second-order valence-electron chi connectivity index (χ2n) is 15.7. The monoisotopic (exact) mass is 653 g/mol. The molecule has 0 amide bonds. The summed E-state index contributed by atoms with van der Waals surface area (Å²) in [6.07, 6.45) is 1.91.